The molecule has 30 heavy (non-hydrogen) atoms. The van der Waals surface area contributed by atoms with E-state index < -0.39 is 0 Å². The van der Waals surface area contributed by atoms with Crippen LogP contribution in [0, 0.1) is 19.3 Å². The quantitative estimate of drug-likeness (QED) is 0.341. The lowest BCUT2D eigenvalue weighted by Crippen LogP contribution is -2.50. The molecule has 0 atom stereocenters. The first-order valence-corrected chi connectivity index (χ1v) is 9.71. The summed E-state index contributed by atoms with van der Waals surface area (Å²) in [4.78, 5) is 11.6. The number of nitrogens with two attached hydrogens (primary N) is 1. The van der Waals surface area contributed by atoms with Crippen molar-refractivity contribution in [3.8, 4) is 0 Å². The standard InChI is InChI=1S/C17H19N5.C5H9NO2/c1-10-9-22-17(11(10)2)16(6-7-20-22)21-13-4-5-14(12(3)18)15(19)8-13;1-8-5-2-6(3-5)4-7/h4-9,18,21H,19H2,1-3H3;4-5H,2-3H2,1H3. The van der Waals surface area contributed by atoms with E-state index in [2.05, 4.69) is 24.3 Å². The number of hydrogen-bond acceptors (Lipinski definition) is 6. The van der Waals surface area contributed by atoms with Gasteiger partial charge in [0, 0.05) is 55.2 Å². The predicted molar refractivity (Wildman–Crippen MR) is 120 cm³/mol. The molecule has 0 unspecified atom stereocenters. The van der Waals surface area contributed by atoms with Crippen molar-refractivity contribution in [3.63, 3.8) is 0 Å². The van der Waals surface area contributed by atoms with Crippen molar-refractivity contribution in [2.45, 2.75) is 26.9 Å². The van der Waals surface area contributed by atoms with Crippen molar-refractivity contribution in [2.75, 3.05) is 31.2 Å². The van der Waals surface area contributed by atoms with Gasteiger partial charge in [0.15, 0.2) is 0 Å². The van der Waals surface area contributed by atoms with Crippen LogP contribution in [0.1, 0.15) is 23.6 Å². The van der Waals surface area contributed by atoms with Gasteiger partial charge in [-0.3, -0.25) is 4.79 Å². The molecule has 8 heteroatoms. The van der Waals surface area contributed by atoms with E-state index >= 15 is 0 Å². The van der Waals surface area contributed by atoms with E-state index in [-0.39, 0.29) is 0 Å². The van der Waals surface area contributed by atoms with Crippen molar-refractivity contribution < 1.29 is 9.53 Å². The summed E-state index contributed by atoms with van der Waals surface area (Å²) in [5.74, 6) is 0. The average Bonchev–Trinajstić information content (AvgIpc) is 2.96. The maximum atomic E-state index is 9.92. The van der Waals surface area contributed by atoms with E-state index in [4.69, 9.17) is 15.9 Å². The Hall–Kier alpha value is -3.39. The number of carbonyl (C=O) groups is 1. The first-order chi connectivity index (χ1) is 14.3. The SMILES string of the molecule is CC(=N)c1ccc(Nc2ccnn3cc(C)c(C)c23)cc1N.COC1CN(C=O)C1. The molecule has 3 aromatic rings. The lowest BCUT2D eigenvalue weighted by Gasteiger charge is -2.34. The molecule has 8 nitrogen and oxygen atoms in total. The molecule has 1 saturated heterocycles. The number of nitrogen functional groups attached to an aromatic ring is 1. The Morgan fingerprint density at radius 2 is 2.07 bits per heavy atom. The van der Waals surface area contributed by atoms with E-state index in [0.717, 1.165) is 42.0 Å². The topological polar surface area (TPSA) is 109 Å². The monoisotopic (exact) mass is 408 g/mol. The lowest BCUT2D eigenvalue weighted by molar-refractivity contribution is -0.129. The summed E-state index contributed by atoms with van der Waals surface area (Å²) >= 11 is 0. The Labute approximate surface area is 176 Å². The molecule has 1 aliphatic rings. The minimum absolute atomic E-state index is 0.292. The minimum Gasteiger partial charge on any atom is -0.398 e. The zero-order valence-corrected chi connectivity index (χ0v) is 17.8. The third-order valence-corrected chi connectivity index (χ3v) is 5.27. The number of carbonyl (C=O) groups excluding carboxylic acids is 1. The van der Waals surface area contributed by atoms with Gasteiger partial charge in [-0.25, -0.2) is 4.52 Å². The summed E-state index contributed by atoms with van der Waals surface area (Å²) in [6, 6.07) is 7.61. The predicted octanol–water partition coefficient (Wildman–Crippen LogP) is 3.14. The number of ether oxygens (including phenoxy) is 1. The van der Waals surface area contributed by atoms with Gasteiger partial charge in [-0.2, -0.15) is 5.10 Å². The highest BCUT2D eigenvalue weighted by Crippen LogP contribution is 2.28. The van der Waals surface area contributed by atoms with Gasteiger partial charge in [0.2, 0.25) is 6.41 Å². The average molecular weight is 409 g/mol. The van der Waals surface area contributed by atoms with Gasteiger partial charge in [0.05, 0.1) is 17.3 Å². The summed E-state index contributed by atoms with van der Waals surface area (Å²) in [5.41, 5.74) is 13.2. The van der Waals surface area contributed by atoms with Crippen molar-refractivity contribution in [2.24, 2.45) is 0 Å². The van der Waals surface area contributed by atoms with E-state index in [9.17, 15) is 4.79 Å². The number of fused-ring (bicyclic) bond motifs is 1. The fraction of sp³-hybridized carbons (Fsp3) is 0.318. The zero-order chi connectivity index (χ0) is 21.8. The van der Waals surface area contributed by atoms with Crippen LogP contribution in [-0.4, -0.2) is 52.9 Å². The van der Waals surface area contributed by atoms with Crippen LogP contribution in [0.2, 0.25) is 0 Å². The first kappa shape index (κ1) is 21.3. The van der Waals surface area contributed by atoms with E-state index in [0.29, 0.717) is 17.5 Å². The molecule has 0 radical (unpaired) electrons. The normalized spacial score (nSPS) is 13.4. The van der Waals surface area contributed by atoms with Gasteiger partial charge in [0.1, 0.15) is 0 Å². The molecule has 0 bridgehead atoms. The molecule has 1 amide bonds. The molecule has 0 spiro atoms. The van der Waals surface area contributed by atoms with Crippen LogP contribution in [0.25, 0.3) is 5.52 Å². The molecule has 3 heterocycles. The molecule has 0 saturated carbocycles. The third kappa shape index (κ3) is 4.44. The number of aromatic nitrogens is 2. The number of hydrogen-bond donors (Lipinski definition) is 3. The summed E-state index contributed by atoms with van der Waals surface area (Å²) in [6.07, 6.45) is 4.93. The number of benzene rings is 1. The summed E-state index contributed by atoms with van der Waals surface area (Å²) in [6.45, 7) is 7.43. The van der Waals surface area contributed by atoms with E-state index in [1.54, 1.807) is 25.1 Å². The van der Waals surface area contributed by atoms with Crippen LogP contribution in [0.15, 0.2) is 36.7 Å². The number of rotatable bonds is 5. The van der Waals surface area contributed by atoms with Gasteiger partial charge >= 0.3 is 0 Å². The van der Waals surface area contributed by atoms with Gasteiger partial charge in [-0.05, 0) is 56.2 Å². The highest BCUT2D eigenvalue weighted by molar-refractivity contribution is 6.01. The zero-order valence-electron chi connectivity index (χ0n) is 17.8. The van der Waals surface area contributed by atoms with Crippen molar-refractivity contribution in [1.82, 2.24) is 14.5 Å². The Kier molecular flexibility index (Phi) is 6.37. The molecule has 1 fully saturated rings. The fourth-order valence-electron chi connectivity index (χ4n) is 3.32. The van der Waals surface area contributed by atoms with Gasteiger partial charge in [-0.15, -0.1) is 0 Å². The van der Waals surface area contributed by atoms with Crippen LogP contribution in [0.3, 0.4) is 0 Å². The minimum atomic E-state index is 0.292. The highest BCUT2D eigenvalue weighted by Gasteiger charge is 2.24. The van der Waals surface area contributed by atoms with Crippen LogP contribution in [0.5, 0.6) is 0 Å². The van der Waals surface area contributed by atoms with E-state index in [1.807, 2.05) is 35.0 Å². The Morgan fingerprint density at radius 3 is 2.67 bits per heavy atom. The summed E-state index contributed by atoms with van der Waals surface area (Å²) in [5, 5.41) is 15.4. The third-order valence-electron chi connectivity index (χ3n) is 5.27. The van der Waals surface area contributed by atoms with Crippen molar-refractivity contribution in [3.05, 3.63) is 53.3 Å². The molecule has 4 N–H and O–H groups in total. The number of amides is 1. The Bertz CT molecular complexity index is 1070. The number of aryl methyl sites for hydroxylation is 2. The smallest absolute Gasteiger partial charge is 0.209 e. The van der Waals surface area contributed by atoms with E-state index in [1.165, 1.54) is 11.1 Å². The number of anilines is 3. The molecule has 1 aliphatic heterocycles. The number of nitrogens with zero attached hydrogens (tertiary/aromatic N) is 3. The Balaban J connectivity index is 0.000000269. The largest absolute Gasteiger partial charge is 0.398 e. The Morgan fingerprint density at radius 1 is 1.33 bits per heavy atom. The van der Waals surface area contributed by atoms with Gasteiger partial charge in [0.25, 0.3) is 0 Å². The maximum Gasteiger partial charge on any atom is 0.209 e. The van der Waals surface area contributed by atoms with Gasteiger partial charge in [-0.1, -0.05) is 0 Å². The second-order valence-corrected chi connectivity index (χ2v) is 7.44. The molecular weight excluding hydrogens is 380 g/mol. The van der Waals surface area contributed by atoms with Gasteiger partial charge < -0.3 is 26.1 Å². The second-order valence-electron chi connectivity index (χ2n) is 7.44. The molecule has 2 aromatic heterocycles. The van der Waals surface area contributed by atoms with Crippen LogP contribution < -0.4 is 11.1 Å². The highest BCUT2D eigenvalue weighted by atomic mass is 16.5. The fourth-order valence-corrected chi connectivity index (χ4v) is 3.32. The van der Waals surface area contributed by atoms with Crippen molar-refractivity contribution in [1.29, 1.82) is 5.41 Å². The molecule has 1 aromatic carbocycles. The molecule has 0 aliphatic carbocycles. The summed E-state index contributed by atoms with van der Waals surface area (Å²) < 4.78 is 6.80. The summed E-state index contributed by atoms with van der Waals surface area (Å²) in [7, 11) is 1.66. The first-order valence-electron chi connectivity index (χ1n) is 9.71. The molecule has 158 valence electrons. The molecule has 4 rings (SSSR count). The molecular formula is C22H28N6O2. The second kappa shape index (κ2) is 8.96. The van der Waals surface area contributed by atoms with Crippen LogP contribution in [0.4, 0.5) is 17.1 Å². The number of likely N-dealkylation sites (tertiary alicyclic amines) is 1. The number of methoxy groups -OCH3 is 1. The maximum absolute atomic E-state index is 9.92. The van der Waals surface area contributed by atoms with Crippen LogP contribution in [-0.2, 0) is 9.53 Å². The lowest BCUT2D eigenvalue weighted by atomic mass is 10.1. The van der Waals surface area contributed by atoms with Crippen molar-refractivity contribution >= 4 is 34.7 Å². The number of nitrogens with one attached hydrogen (secondary N) is 2. The van der Waals surface area contributed by atoms with Crippen LogP contribution >= 0.6 is 0 Å².